The van der Waals surface area contributed by atoms with Crippen molar-refractivity contribution in [3.8, 4) is 0 Å². The molecule has 0 amide bonds. The Morgan fingerprint density at radius 3 is 2.50 bits per heavy atom. The molecular weight excluding hydrogens is 156 g/mol. The van der Waals surface area contributed by atoms with Crippen LogP contribution < -0.4 is 0 Å². The van der Waals surface area contributed by atoms with Crippen LogP contribution in [-0.2, 0) is 0 Å². The van der Waals surface area contributed by atoms with Crippen LogP contribution in [0.4, 0.5) is 0 Å². The smallest absolute Gasteiger partial charge is 0.339 e. The van der Waals surface area contributed by atoms with E-state index in [1.165, 1.54) is 0 Å². The van der Waals surface area contributed by atoms with E-state index in [0.29, 0.717) is 5.69 Å². The third-order valence-electron chi connectivity index (χ3n) is 1.68. The first-order chi connectivity index (χ1) is 5.52. The topological polar surface area (TPSA) is 55.1 Å². The second kappa shape index (κ2) is 2.97. The summed E-state index contributed by atoms with van der Waals surface area (Å²) in [5, 5.41) is 12.8. The zero-order valence-corrected chi connectivity index (χ0v) is 7.40. The molecule has 1 N–H and O–H groups in total. The Kier molecular flexibility index (Phi) is 2.17. The Balaban J connectivity index is 3.09. The predicted octanol–water partition coefficient (Wildman–Crippen LogP) is 1.47. The molecule has 0 aliphatic carbocycles. The third-order valence-corrected chi connectivity index (χ3v) is 1.68. The van der Waals surface area contributed by atoms with Crippen molar-refractivity contribution in [2.75, 3.05) is 0 Å². The summed E-state index contributed by atoms with van der Waals surface area (Å²) >= 11 is 0. The minimum atomic E-state index is -0.917. The molecule has 0 atom stereocenters. The first kappa shape index (κ1) is 8.77. The first-order valence-electron chi connectivity index (χ1n) is 3.81. The van der Waals surface area contributed by atoms with Crippen molar-refractivity contribution in [1.29, 1.82) is 0 Å². The number of aromatic carboxylic acids is 1. The minimum Gasteiger partial charge on any atom is -0.478 e. The van der Waals surface area contributed by atoms with E-state index in [9.17, 15) is 4.79 Å². The van der Waals surface area contributed by atoms with Crippen LogP contribution in [0.25, 0.3) is 0 Å². The molecule has 0 aliphatic heterocycles. The summed E-state index contributed by atoms with van der Waals surface area (Å²) in [5.74, 6) is -0.917. The molecule has 1 rings (SSSR count). The largest absolute Gasteiger partial charge is 0.478 e. The summed E-state index contributed by atoms with van der Waals surface area (Å²) in [4.78, 5) is 10.6. The quantitative estimate of drug-likeness (QED) is 0.727. The molecule has 0 fully saturated rings. The van der Waals surface area contributed by atoms with Crippen molar-refractivity contribution in [3.63, 3.8) is 0 Å². The summed E-state index contributed by atoms with van der Waals surface area (Å²) in [5.41, 5.74) is 0.847. The summed E-state index contributed by atoms with van der Waals surface area (Å²) in [6.45, 7) is 5.61. The summed E-state index contributed by atoms with van der Waals surface area (Å²) in [6, 6.07) is 0.205. The monoisotopic (exact) mass is 168 g/mol. The Morgan fingerprint density at radius 1 is 1.67 bits per heavy atom. The molecular formula is C8H12N2O2. The molecule has 0 saturated heterocycles. The maximum absolute atomic E-state index is 10.6. The van der Waals surface area contributed by atoms with E-state index < -0.39 is 5.97 Å². The lowest BCUT2D eigenvalue weighted by Gasteiger charge is -2.02. The molecule has 0 aromatic carbocycles. The fourth-order valence-electron chi connectivity index (χ4n) is 0.956. The van der Waals surface area contributed by atoms with E-state index in [4.69, 9.17) is 5.11 Å². The molecule has 12 heavy (non-hydrogen) atoms. The fourth-order valence-corrected chi connectivity index (χ4v) is 0.956. The van der Waals surface area contributed by atoms with Gasteiger partial charge in [-0.15, -0.1) is 0 Å². The lowest BCUT2D eigenvalue weighted by Crippen LogP contribution is -2.00. The van der Waals surface area contributed by atoms with Crippen molar-refractivity contribution < 1.29 is 9.90 Å². The summed E-state index contributed by atoms with van der Waals surface area (Å²) in [7, 11) is 0. The number of nitrogens with zero attached hydrogens (tertiary/aromatic N) is 2. The molecule has 0 unspecified atom stereocenters. The van der Waals surface area contributed by atoms with Crippen LogP contribution in [0.1, 0.15) is 35.9 Å². The van der Waals surface area contributed by atoms with Gasteiger partial charge in [0.05, 0.1) is 5.69 Å². The van der Waals surface area contributed by atoms with E-state index in [2.05, 4.69) is 5.10 Å². The van der Waals surface area contributed by atoms with Gasteiger partial charge in [0.1, 0.15) is 5.56 Å². The predicted molar refractivity (Wildman–Crippen MR) is 44.3 cm³/mol. The van der Waals surface area contributed by atoms with Gasteiger partial charge < -0.3 is 5.11 Å². The highest BCUT2D eigenvalue weighted by molar-refractivity contribution is 5.88. The highest BCUT2D eigenvalue weighted by Gasteiger charge is 2.12. The van der Waals surface area contributed by atoms with Crippen LogP contribution in [-0.4, -0.2) is 20.9 Å². The highest BCUT2D eigenvalue weighted by Crippen LogP contribution is 2.09. The van der Waals surface area contributed by atoms with Gasteiger partial charge in [0, 0.05) is 12.2 Å². The second-order valence-corrected chi connectivity index (χ2v) is 3.01. The van der Waals surface area contributed by atoms with Gasteiger partial charge in [-0.3, -0.25) is 4.68 Å². The van der Waals surface area contributed by atoms with Crippen LogP contribution in [0.2, 0.25) is 0 Å². The van der Waals surface area contributed by atoms with Crippen LogP contribution in [0.15, 0.2) is 6.20 Å². The van der Waals surface area contributed by atoms with Crippen molar-refractivity contribution in [2.24, 2.45) is 0 Å². The first-order valence-corrected chi connectivity index (χ1v) is 3.81. The maximum atomic E-state index is 10.6. The van der Waals surface area contributed by atoms with Crippen molar-refractivity contribution >= 4 is 5.97 Å². The SMILES string of the molecule is Cc1nn(C(C)C)cc1C(=O)O. The van der Waals surface area contributed by atoms with Gasteiger partial charge in [-0.2, -0.15) is 5.10 Å². The van der Waals surface area contributed by atoms with E-state index >= 15 is 0 Å². The average Bonchev–Trinajstić information content (AvgIpc) is 2.30. The van der Waals surface area contributed by atoms with Crippen molar-refractivity contribution in [2.45, 2.75) is 26.8 Å². The zero-order valence-electron chi connectivity index (χ0n) is 7.40. The third kappa shape index (κ3) is 1.47. The number of aromatic nitrogens is 2. The van der Waals surface area contributed by atoms with Gasteiger partial charge in [-0.25, -0.2) is 4.79 Å². The molecule has 0 saturated carbocycles. The van der Waals surface area contributed by atoms with E-state index in [0.717, 1.165) is 0 Å². The van der Waals surface area contributed by atoms with E-state index in [1.807, 2.05) is 13.8 Å². The van der Waals surface area contributed by atoms with Gasteiger partial charge in [0.25, 0.3) is 0 Å². The Hall–Kier alpha value is -1.32. The van der Waals surface area contributed by atoms with Gasteiger partial charge in [-0.05, 0) is 20.8 Å². The number of rotatable bonds is 2. The Morgan fingerprint density at radius 2 is 2.25 bits per heavy atom. The Labute approximate surface area is 70.8 Å². The number of hydrogen-bond donors (Lipinski definition) is 1. The van der Waals surface area contributed by atoms with Crippen molar-refractivity contribution in [3.05, 3.63) is 17.5 Å². The molecule has 0 spiro atoms. The molecule has 1 aromatic heterocycles. The molecule has 0 aliphatic rings. The van der Waals surface area contributed by atoms with E-state index in [-0.39, 0.29) is 11.6 Å². The zero-order chi connectivity index (χ0) is 9.30. The molecule has 0 bridgehead atoms. The fraction of sp³-hybridized carbons (Fsp3) is 0.500. The normalized spacial score (nSPS) is 10.7. The molecule has 1 heterocycles. The standard InChI is InChI=1S/C8H12N2O2/c1-5(2)10-4-7(8(11)12)6(3)9-10/h4-5H,1-3H3,(H,11,12). The molecule has 66 valence electrons. The number of carboxylic acid groups (broad SMARTS) is 1. The lowest BCUT2D eigenvalue weighted by atomic mass is 10.3. The Bertz CT molecular complexity index is 302. The van der Waals surface area contributed by atoms with Gasteiger partial charge in [-0.1, -0.05) is 0 Å². The van der Waals surface area contributed by atoms with Crippen LogP contribution in [0, 0.1) is 6.92 Å². The maximum Gasteiger partial charge on any atom is 0.339 e. The van der Waals surface area contributed by atoms with Crippen LogP contribution in [0.5, 0.6) is 0 Å². The van der Waals surface area contributed by atoms with Gasteiger partial charge >= 0.3 is 5.97 Å². The molecule has 4 nitrogen and oxygen atoms in total. The number of hydrogen-bond acceptors (Lipinski definition) is 2. The van der Waals surface area contributed by atoms with Gasteiger partial charge in [0.15, 0.2) is 0 Å². The molecule has 1 aromatic rings. The second-order valence-electron chi connectivity index (χ2n) is 3.01. The van der Waals surface area contributed by atoms with Gasteiger partial charge in [0.2, 0.25) is 0 Å². The van der Waals surface area contributed by atoms with Crippen LogP contribution >= 0.6 is 0 Å². The number of aryl methyl sites for hydroxylation is 1. The lowest BCUT2D eigenvalue weighted by molar-refractivity contribution is 0.0696. The van der Waals surface area contributed by atoms with Crippen molar-refractivity contribution in [1.82, 2.24) is 9.78 Å². The molecule has 4 heteroatoms. The minimum absolute atomic E-state index is 0.205. The number of carbonyl (C=O) groups is 1. The molecule has 0 radical (unpaired) electrons. The van der Waals surface area contributed by atoms with E-state index in [1.54, 1.807) is 17.8 Å². The number of carboxylic acids is 1. The summed E-state index contributed by atoms with van der Waals surface area (Å²) < 4.78 is 1.65. The summed E-state index contributed by atoms with van der Waals surface area (Å²) in [6.07, 6.45) is 1.56. The average molecular weight is 168 g/mol. The highest BCUT2D eigenvalue weighted by atomic mass is 16.4. The van der Waals surface area contributed by atoms with Crippen LogP contribution in [0.3, 0.4) is 0 Å².